The van der Waals surface area contributed by atoms with Gasteiger partial charge in [0.1, 0.15) is 0 Å². The Hall–Kier alpha value is -0.0900. The minimum absolute atomic E-state index is 0.251. The second kappa shape index (κ2) is 3.75. The highest BCUT2D eigenvalue weighted by Gasteiger charge is 2.29. The predicted octanol–water partition coefficient (Wildman–Crippen LogP) is 1.54. The van der Waals surface area contributed by atoms with Crippen LogP contribution in [0.3, 0.4) is 0 Å². The van der Waals surface area contributed by atoms with Crippen molar-refractivity contribution < 1.29 is 12.6 Å². The highest BCUT2D eigenvalue weighted by Crippen LogP contribution is 2.28. The van der Waals surface area contributed by atoms with Crippen molar-refractivity contribution in [3.63, 3.8) is 0 Å². The molecule has 1 saturated carbocycles. The van der Waals surface area contributed by atoms with Gasteiger partial charge in [-0.05, 0) is 31.6 Å². The van der Waals surface area contributed by atoms with Crippen LogP contribution < -0.4 is 0 Å². The van der Waals surface area contributed by atoms with E-state index in [9.17, 15) is 8.42 Å². The Morgan fingerprint density at radius 3 is 2.08 bits per heavy atom. The Morgan fingerprint density at radius 1 is 1.17 bits per heavy atom. The van der Waals surface area contributed by atoms with E-state index in [1.807, 2.05) is 0 Å². The summed E-state index contributed by atoms with van der Waals surface area (Å²) in [4.78, 5) is 0. The first-order valence-corrected chi connectivity index (χ1v) is 5.83. The molecule has 0 heterocycles. The first-order valence-electron chi connectivity index (χ1n) is 4.35. The van der Waals surface area contributed by atoms with E-state index < -0.39 is 10.1 Å². The lowest BCUT2D eigenvalue weighted by molar-refractivity contribution is 0.340. The lowest BCUT2D eigenvalue weighted by Gasteiger charge is -2.24. The van der Waals surface area contributed by atoms with E-state index in [1.165, 1.54) is 7.11 Å². The van der Waals surface area contributed by atoms with Crippen LogP contribution in [0.15, 0.2) is 0 Å². The highest BCUT2D eigenvalue weighted by atomic mass is 32.2. The quantitative estimate of drug-likeness (QED) is 0.623. The summed E-state index contributed by atoms with van der Waals surface area (Å²) in [7, 11) is -2.00. The lowest BCUT2D eigenvalue weighted by Crippen LogP contribution is -2.27. The fourth-order valence-corrected chi connectivity index (χ4v) is 2.78. The second-order valence-electron chi connectivity index (χ2n) is 3.54. The van der Waals surface area contributed by atoms with E-state index in [4.69, 9.17) is 0 Å². The summed E-state index contributed by atoms with van der Waals surface area (Å²) in [6.45, 7) is 2.16. The van der Waals surface area contributed by atoms with Crippen molar-refractivity contribution in [1.82, 2.24) is 0 Å². The minimum atomic E-state index is -3.24. The standard InChI is InChI=1S/C8H16O3S/c1-7-3-5-8(6-4-7)12(9,10)11-2/h7-8H,3-6H2,1-2H3. The van der Waals surface area contributed by atoms with Crippen LogP contribution in [0.1, 0.15) is 32.6 Å². The van der Waals surface area contributed by atoms with Gasteiger partial charge in [0.15, 0.2) is 0 Å². The molecule has 0 unspecified atom stereocenters. The summed E-state index contributed by atoms with van der Waals surface area (Å²) in [5.74, 6) is 0.674. The van der Waals surface area contributed by atoms with Crippen LogP contribution in [0.25, 0.3) is 0 Å². The van der Waals surface area contributed by atoms with Crippen LogP contribution in [-0.2, 0) is 14.3 Å². The van der Waals surface area contributed by atoms with E-state index in [2.05, 4.69) is 11.1 Å². The van der Waals surface area contributed by atoms with Gasteiger partial charge in [0.25, 0.3) is 10.1 Å². The molecule has 1 fully saturated rings. The third-order valence-corrected chi connectivity index (χ3v) is 4.36. The molecule has 1 rings (SSSR count). The number of rotatable bonds is 2. The van der Waals surface area contributed by atoms with E-state index in [0.717, 1.165) is 25.7 Å². The predicted molar refractivity (Wildman–Crippen MR) is 47.3 cm³/mol. The first-order chi connectivity index (χ1) is 5.56. The van der Waals surface area contributed by atoms with Crippen molar-refractivity contribution in [3.05, 3.63) is 0 Å². The Balaban J connectivity index is 2.56. The number of hydrogen-bond donors (Lipinski definition) is 0. The molecule has 0 bridgehead atoms. The molecule has 3 nitrogen and oxygen atoms in total. The molecule has 0 aromatic carbocycles. The molecule has 4 heteroatoms. The molecule has 0 saturated heterocycles. The van der Waals surface area contributed by atoms with Gasteiger partial charge < -0.3 is 0 Å². The monoisotopic (exact) mass is 192 g/mol. The third-order valence-electron chi connectivity index (χ3n) is 2.60. The van der Waals surface area contributed by atoms with Crippen LogP contribution in [0.5, 0.6) is 0 Å². The van der Waals surface area contributed by atoms with E-state index >= 15 is 0 Å². The zero-order chi connectivity index (χ0) is 9.19. The van der Waals surface area contributed by atoms with Gasteiger partial charge in [-0.15, -0.1) is 0 Å². The summed E-state index contributed by atoms with van der Waals surface area (Å²) in [6, 6.07) is 0. The van der Waals surface area contributed by atoms with Gasteiger partial charge in [0.05, 0.1) is 12.4 Å². The Kier molecular flexibility index (Phi) is 3.12. The van der Waals surface area contributed by atoms with E-state index in [1.54, 1.807) is 0 Å². The Morgan fingerprint density at radius 2 is 1.67 bits per heavy atom. The van der Waals surface area contributed by atoms with Crippen LogP contribution in [0.4, 0.5) is 0 Å². The fourth-order valence-electron chi connectivity index (χ4n) is 1.65. The van der Waals surface area contributed by atoms with Gasteiger partial charge in [-0.25, -0.2) is 0 Å². The molecule has 0 N–H and O–H groups in total. The summed E-state index contributed by atoms with van der Waals surface area (Å²) < 4.78 is 27.0. The van der Waals surface area contributed by atoms with Crippen LogP contribution in [0, 0.1) is 5.92 Å². The van der Waals surface area contributed by atoms with Gasteiger partial charge in [0.2, 0.25) is 0 Å². The maximum Gasteiger partial charge on any atom is 0.269 e. The molecule has 0 aliphatic heterocycles. The Bertz CT molecular complexity index is 225. The van der Waals surface area contributed by atoms with Crippen molar-refractivity contribution in [3.8, 4) is 0 Å². The molecule has 0 aromatic rings. The lowest BCUT2D eigenvalue weighted by atomic mass is 9.91. The highest BCUT2D eigenvalue weighted by molar-refractivity contribution is 7.87. The molecule has 0 spiro atoms. The van der Waals surface area contributed by atoms with Crippen molar-refractivity contribution >= 4 is 10.1 Å². The molecule has 0 amide bonds. The summed E-state index contributed by atoms with van der Waals surface area (Å²) in [6.07, 6.45) is 3.54. The zero-order valence-corrected chi connectivity index (χ0v) is 8.43. The van der Waals surface area contributed by atoms with E-state index in [-0.39, 0.29) is 5.25 Å². The normalized spacial score (nSPS) is 31.8. The molecule has 0 atom stereocenters. The van der Waals surface area contributed by atoms with Crippen molar-refractivity contribution in [2.24, 2.45) is 5.92 Å². The maximum atomic E-state index is 11.2. The molecule has 0 aromatic heterocycles. The van der Waals surface area contributed by atoms with Crippen molar-refractivity contribution in [2.75, 3.05) is 7.11 Å². The van der Waals surface area contributed by atoms with Crippen molar-refractivity contribution in [2.45, 2.75) is 37.9 Å². The van der Waals surface area contributed by atoms with Crippen LogP contribution in [-0.4, -0.2) is 20.8 Å². The fraction of sp³-hybridized carbons (Fsp3) is 1.00. The minimum Gasteiger partial charge on any atom is -0.273 e. The third kappa shape index (κ3) is 2.20. The molecule has 12 heavy (non-hydrogen) atoms. The second-order valence-corrected chi connectivity index (χ2v) is 5.53. The van der Waals surface area contributed by atoms with Gasteiger partial charge >= 0.3 is 0 Å². The first kappa shape index (κ1) is 9.99. The summed E-state index contributed by atoms with van der Waals surface area (Å²) >= 11 is 0. The average molecular weight is 192 g/mol. The van der Waals surface area contributed by atoms with Crippen molar-refractivity contribution in [1.29, 1.82) is 0 Å². The molecular formula is C8H16O3S. The summed E-state index contributed by atoms with van der Waals surface area (Å²) in [5, 5.41) is -0.251. The Labute approximate surface area is 74.2 Å². The molecule has 72 valence electrons. The average Bonchev–Trinajstić information content (AvgIpc) is 2.05. The zero-order valence-electron chi connectivity index (χ0n) is 7.62. The van der Waals surface area contributed by atoms with Crippen LogP contribution in [0.2, 0.25) is 0 Å². The topological polar surface area (TPSA) is 43.4 Å². The smallest absolute Gasteiger partial charge is 0.269 e. The molecule has 0 radical (unpaired) electrons. The maximum absolute atomic E-state index is 11.2. The van der Waals surface area contributed by atoms with Gasteiger partial charge in [-0.1, -0.05) is 6.92 Å². The van der Waals surface area contributed by atoms with Gasteiger partial charge in [-0.2, -0.15) is 8.42 Å². The molecule has 1 aliphatic carbocycles. The van der Waals surface area contributed by atoms with Crippen LogP contribution >= 0.6 is 0 Å². The van der Waals surface area contributed by atoms with E-state index in [0.29, 0.717) is 5.92 Å². The molecule has 1 aliphatic rings. The van der Waals surface area contributed by atoms with Gasteiger partial charge in [-0.3, -0.25) is 4.18 Å². The van der Waals surface area contributed by atoms with Gasteiger partial charge in [0, 0.05) is 0 Å². The molecular weight excluding hydrogens is 176 g/mol. The number of hydrogen-bond acceptors (Lipinski definition) is 3. The summed E-state index contributed by atoms with van der Waals surface area (Å²) in [5.41, 5.74) is 0. The largest absolute Gasteiger partial charge is 0.273 e. The SMILES string of the molecule is COS(=O)(=O)C1CCC(C)CC1.